The van der Waals surface area contributed by atoms with Crippen LogP contribution in [0.3, 0.4) is 0 Å². The van der Waals surface area contributed by atoms with Gasteiger partial charge in [0.2, 0.25) is 0 Å². The Bertz CT molecular complexity index is 367. The van der Waals surface area contributed by atoms with Gasteiger partial charge < -0.3 is 10.5 Å². The van der Waals surface area contributed by atoms with E-state index in [1.165, 1.54) is 19.3 Å². The van der Waals surface area contributed by atoms with Crippen molar-refractivity contribution in [1.29, 1.82) is 0 Å². The van der Waals surface area contributed by atoms with E-state index < -0.39 is 0 Å². The van der Waals surface area contributed by atoms with Gasteiger partial charge in [-0.15, -0.1) is 0 Å². The number of rotatable bonds is 5. The van der Waals surface area contributed by atoms with Crippen molar-refractivity contribution < 1.29 is 4.74 Å². The van der Waals surface area contributed by atoms with E-state index in [9.17, 15) is 0 Å². The fraction of sp³-hybridized carbons (Fsp3) is 0.750. The van der Waals surface area contributed by atoms with E-state index in [0.717, 1.165) is 23.8 Å². The summed E-state index contributed by atoms with van der Waals surface area (Å²) in [6, 6.07) is 0. The molecule has 2 rings (SSSR count). The van der Waals surface area contributed by atoms with E-state index in [2.05, 4.69) is 5.10 Å². The standard InChI is InChI=1S/C12H20ClN3O/c1-17-6-5-16-12(11(13)8-15-16)10-4-2-3-9(10)7-14/h8-10H,2-7,14H2,1H3. The topological polar surface area (TPSA) is 53.1 Å². The third-order valence-corrected chi connectivity index (χ3v) is 3.94. The third kappa shape index (κ3) is 2.64. The highest BCUT2D eigenvalue weighted by molar-refractivity contribution is 6.31. The number of ether oxygens (including phenoxy) is 1. The summed E-state index contributed by atoms with van der Waals surface area (Å²) < 4.78 is 7.07. The van der Waals surface area contributed by atoms with Crippen molar-refractivity contribution in [3.05, 3.63) is 16.9 Å². The van der Waals surface area contributed by atoms with Crippen molar-refractivity contribution in [2.24, 2.45) is 11.7 Å². The summed E-state index contributed by atoms with van der Waals surface area (Å²) in [5.41, 5.74) is 6.98. The van der Waals surface area contributed by atoms with Gasteiger partial charge in [-0.3, -0.25) is 4.68 Å². The van der Waals surface area contributed by atoms with Gasteiger partial charge in [-0.2, -0.15) is 5.10 Å². The highest BCUT2D eigenvalue weighted by Crippen LogP contribution is 2.41. The van der Waals surface area contributed by atoms with Crippen molar-refractivity contribution >= 4 is 11.6 Å². The minimum Gasteiger partial charge on any atom is -0.383 e. The van der Waals surface area contributed by atoms with Gasteiger partial charge in [-0.1, -0.05) is 18.0 Å². The molecular weight excluding hydrogens is 238 g/mol. The van der Waals surface area contributed by atoms with Gasteiger partial charge in [0.1, 0.15) is 0 Å². The zero-order chi connectivity index (χ0) is 12.3. The number of aromatic nitrogens is 2. The zero-order valence-corrected chi connectivity index (χ0v) is 11.0. The summed E-state index contributed by atoms with van der Waals surface area (Å²) in [6.07, 6.45) is 5.34. The molecule has 96 valence electrons. The SMILES string of the molecule is COCCn1ncc(Cl)c1C1CCCC1CN. The minimum atomic E-state index is 0.465. The molecule has 1 aliphatic rings. The van der Waals surface area contributed by atoms with Crippen LogP contribution in [-0.4, -0.2) is 30.0 Å². The van der Waals surface area contributed by atoms with E-state index in [-0.39, 0.29) is 0 Å². The number of hydrogen-bond donors (Lipinski definition) is 1. The van der Waals surface area contributed by atoms with Crippen LogP contribution in [0.4, 0.5) is 0 Å². The Morgan fingerprint density at radius 1 is 1.59 bits per heavy atom. The molecule has 0 amide bonds. The summed E-state index contributed by atoms with van der Waals surface area (Å²) in [7, 11) is 1.70. The fourth-order valence-electron chi connectivity index (χ4n) is 2.78. The van der Waals surface area contributed by atoms with Crippen LogP contribution in [0.25, 0.3) is 0 Å². The average molecular weight is 258 g/mol. The Kier molecular flexibility index (Phi) is 4.42. The number of nitrogens with two attached hydrogens (primary N) is 1. The zero-order valence-electron chi connectivity index (χ0n) is 10.2. The van der Waals surface area contributed by atoms with Gasteiger partial charge in [0.15, 0.2) is 0 Å². The van der Waals surface area contributed by atoms with Crippen molar-refractivity contribution in [3.8, 4) is 0 Å². The molecule has 2 atom stereocenters. The maximum atomic E-state index is 6.26. The quantitative estimate of drug-likeness (QED) is 0.878. The van der Waals surface area contributed by atoms with E-state index >= 15 is 0 Å². The van der Waals surface area contributed by atoms with Crippen LogP contribution in [0.15, 0.2) is 6.20 Å². The summed E-state index contributed by atoms with van der Waals surface area (Å²) in [6.45, 7) is 2.15. The summed E-state index contributed by atoms with van der Waals surface area (Å²) >= 11 is 6.26. The Morgan fingerprint density at radius 3 is 3.12 bits per heavy atom. The molecule has 2 N–H and O–H groups in total. The number of methoxy groups -OCH3 is 1. The molecule has 0 radical (unpaired) electrons. The maximum Gasteiger partial charge on any atom is 0.0820 e. The second-order valence-corrected chi connectivity index (χ2v) is 5.03. The number of halogens is 1. The lowest BCUT2D eigenvalue weighted by Gasteiger charge is -2.20. The highest BCUT2D eigenvalue weighted by Gasteiger charge is 2.31. The second kappa shape index (κ2) is 5.85. The molecule has 1 fully saturated rings. The number of nitrogens with zero attached hydrogens (tertiary/aromatic N) is 2. The third-order valence-electron chi connectivity index (χ3n) is 3.65. The molecule has 0 aliphatic heterocycles. The van der Waals surface area contributed by atoms with Crippen LogP contribution >= 0.6 is 11.6 Å². The van der Waals surface area contributed by atoms with Crippen LogP contribution in [0, 0.1) is 5.92 Å². The lowest BCUT2D eigenvalue weighted by molar-refractivity contribution is 0.181. The van der Waals surface area contributed by atoms with Gasteiger partial charge >= 0.3 is 0 Å². The van der Waals surface area contributed by atoms with Gasteiger partial charge in [0, 0.05) is 13.0 Å². The molecule has 1 aromatic rings. The van der Waals surface area contributed by atoms with Crippen molar-refractivity contribution in [1.82, 2.24) is 9.78 Å². The van der Waals surface area contributed by atoms with Crippen molar-refractivity contribution in [2.75, 3.05) is 20.3 Å². The first-order valence-corrected chi connectivity index (χ1v) is 6.56. The first kappa shape index (κ1) is 12.9. The summed E-state index contributed by atoms with van der Waals surface area (Å²) in [4.78, 5) is 0. The smallest absolute Gasteiger partial charge is 0.0820 e. The van der Waals surface area contributed by atoms with Crippen LogP contribution < -0.4 is 5.73 Å². The molecule has 1 aliphatic carbocycles. The monoisotopic (exact) mass is 257 g/mol. The second-order valence-electron chi connectivity index (χ2n) is 4.63. The van der Waals surface area contributed by atoms with Crippen LogP contribution in [0.5, 0.6) is 0 Å². The Balaban J connectivity index is 2.20. The Morgan fingerprint density at radius 2 is 2.41 bits per heavy atom. The maximum absolute atomic E-state index is 6.26. The van der Waals surface area contributed by atoms with Crippen LogP contribution in [0.1, 0.15) is 30.9 Å². The minimum absolute atomic E-state index is 0.465. The molecule has 1 aromatic heterocycles. The molecule has 0 saturated heterocycles. The van der Waals surface area contributed by atoms with E-state index in [0.29, 0.717) is 18.4 Å². The molecule has 17 heavy (non-hydrogen) atoms. The molecule has 0 bridgehead atoms. The summed E-state index contributed by atoms with van der Waals surface area (Å²) in [5, 5.41) is 5.10. The van der Waals surface area contributed by atoms with Gasteiger partial charge in [0.05, 0.1) is 30.1 Å². The van der Waals surface area contributed by atoms with Gasteiger partial charge in [-0.05, 0) is 25.3 Å². The lowest BCUT2D eigenvalue weighted by atomic mass is 9.93. The highest BCUT2D eigenvalue weighted by atomic mass is 35.5. The summed E-state index contributed by atoms with van der Waals surface area (Å²) in [5.74, 6) is 1.01. The predicted molar refractivity (Wildman–Crippen MR) is 68.2 cm³/mol. The largest absolute Gasteiger partial charge is 0.383 e. The van der Waals surface area contributed by atoms with Crippen LogP contribution in [-0.2, 0) is 11.3 Å². The molecule has 0 spiro atoms. The molecule has 1 heterocycles. The predicted octanol–water partition coefficient (Wildman–Crippen LogP) is 2.03. The number of hydrogen-bond acceptors (Lipinski definition) is 3. The first-order valence-electron chi connectivity index (χ1n) is 6.18. The normalized spacial score (nSPS) is 24.4. The molecule has 2 unspecified atom stereocenters. The Labute approximate surface area is 107 Å². The van der Waals surface area contributed by atoms with E-state index in [1.807, 2.05) is 4.68 Å². The van der Waals surface area contributed by atoms with Gasteiger partial charge in [-0.25, -0.2) is 0 Å². The van der Waals surface area contributed by atoms with Crippen molar-refractivity contribution in [2.45, 2.75) is 31.7 Å². The van der Waals surface area contributed by atoms with Crippen molar-refractivity contribution in [3.63, 3.8) is 0 Å². The van der Waals surface area contributed by atoms with E-state index in [4.69, 9.17) is 22.1 Å². The van der Waals surface area contributed by atoms with Crippen LogP contribution in [0.2, 0.25) is 5.02 Å². The molecular formula is C12H20ClN3O. The first-order chi connectivity index (χ1) is 8.27. The van der Waals surface area contributed by atoms with E-state index in [1.54, 1.807) is 13.3 Å². The molecule has 5 heteroatoms. The Hall–Kier alpha value is -0.580. The fourth-order valence-corrected chi connectivity index (χ4v) is 3.06. The molecule has 4 nitrogen and oxygen atoms in total. The lowest BCUT2D eigenvalue weighted by Crippen LogP contribution is -2.21. The van der Waals surface area contributed by atoms with Gasteiger partial charge in [0.25, 0.3) is 0 Å². The molecule has 0 aromatic carbocycles. The average Bonchev–Trinajstić information content (AvgIpc) is 2.92. The molecule has 1 saturated carbocycles.